The van der Waals surface area contributed by atoms with Crippen LogP contribution in [0.1, 0.15) is 10.5 Å². The SMILES string of the molecule is O=C(c1cc(-c2cccs2)on1)N1CC(OCC(F)(F)F)C1. The van der Waals surface area contributed by atoms with Crippen molar-refractivity contribution in [3.63, 3.8) is 0 Å². The molecule has 5 nitrogen and oxygen atoms in total. The third-order valence-electron chi connectivity index (χ3n) is 3.11. The van der Waals surface area contributed by atoms with E-state index in [1.54, 1.807) is 0 Å². The van der Waals surface area contributed by atoms with Gasteiger partial charge in [-0.1, -0.05) is 11.2 Å². The molecule has 1 saturated heterocycles. The summed E-state index contributed by atoms with van der Waals surface area (Å²) in [7, 11) is 0. The Kier molecular flexibility index (Phi) is 3.92. The summed E-state index contributed by atoms with van der Waals surface area (Å²) in [5.41, 5.74) is 0.137. The summed E-state index contributed by atoms with van der Waals surface area (Å²) in [5.74, 6) is 0.113. The van der Waals surface area contributed by atoms with Crippen molar-refractivity contribution in [1.29, 1.82) is 0 Å². The highest BCUT2D eigenvalue weighted by molar-refractivity contribution is 7.13. The van der Waals surface area contributed by atoms with Crippen molar-refractivity contribution >= 4 is 17.2 Å². The second-order valence-corrected chi connectivity index (χ2v) is 5.76. The molecule has 0 N–H and O–H groups in total. The topological polar surface area (TPSA) is 55.6 Å². The van der Waals surface area contributed by atoms with Crippen LogP contribution in [0.15, 0.2) is 28.1 Å². The van der Waals surface area contributed by atoms with Crippen LogP contribution < -0.4 is 0 Å². The van der Waals surface area contributed by atoms with Crippen molar-refractivity contribution in [2.45, 2.75) is 12.3 Å². The maximum absolute atomic E-state index is 12.1. The minimum Gasteiger partial charge on any atom is -0.365 e. The van der Waals surface area contributed by atoms with Crippen LogP contribution in [0.25, 0.3) is 10.6 Å². The zero-order valence-electron chi connectivity index (χ0n) is 11.2. The van der Waals surface area contributed by atoms with Gasteiger partial charge in [0, 0.05) is 19.2 Å². The summed E-state index contributed by atoms with van der Waals surface area (Å²) >= 11 is 1.45. The molecule has 22 heavy (non-hydrogen) atoms. The molecule has 2 aromatic rings. The van der Waals surface area contributed by atoms with Gasteiger partial charge in [0.25, 0.3) is 5.91 Å². The van der Waals surface area contributed by atoms with Crippen LogP contribution in [0.5, 0.6) is 0 Å². The number of carbonyl (C=O) groups excluding carboxylic acids is 1. The van der Waals surface area contributed by atoms with Crippen LogP contribution in [0.2, 0.25) is 0 Å². The number of carbonyl (C=O) groups is 1. The molecule has 0 aliphatic carbocycles. The largest absolute Gasteiger partial charge is 0.411 e. The number of alkyl halides is 3. The van der Waals surface area contributed by atoms with E-state index in [0.717, 1.165) is 4.88 Å². The molecule has 0 bridgehead atoms. The zero-order valence-corrected chi connectivity index (χ0v) is 12.0. The van der Waals surface area contributed by atoms with Gasteiger partial charge >= 0.3 is 6.18 Å². The first-order valence-electron chi connectivity index (χ1n) is 6.40. The molecule has 0 aromatic carbocycles. The predicted octanol–water partition coefficient (Wildman–Crippen LogP) is 2.81. The van der Waals surface area contributed by atoms with E-state index in [1.807, 2.05) is 17.5 Å². The highest BCUT2D eigenvalue weighted by Gasteiger charge is 2.37. The lowest BCUT2D eigenvalue weighted by atomic mass is 10.1. The first kappa shape index (κ1) is 15.0. The fourth-order valence-electron chi connectivity index (χ4n) is 1.99. The quantitative estimate of drug-likeness (QED) is 0.864. The molecule has 0 unspecified atom stereocenters. The summed E-state index contributed by atoms with van der Waals surface area (Å²) in [6.07, 6.45) is -4.94. The van der Waals surface area contributed by atoms with Crippen molar-refractivity contribution in [3.05, 3.63) is 29.3 Å². The van der Waals surface area contributed by atoms with Crippen molar-refractivity contribution < 1.29 is 27.2 Å². The molecule has 3 heterocycles. The molecule has 3 rings (SSSR count). The van der Waals surface area contributed by atoms with Crippen molar-refractivity contribution in [2.24, 2.45) is 0 Å². The molecule has 2 aromatic heterocycles. The van der Waals surface area contributed by atoms with E-state index in [0.29, 0.717) is 5.76 Å². The smallest absolute Gasteiger partial charge is 0.365 e. The Morgan fingerprint density at radius 2 is 2.27 bits per heavy atom. The number of rotatable bonds is 4. The maximum atomic E-state index is 12.1. The molecule has 0 atom stereocenters. The summed E-state index contributed by atoms with van der Waals surface area (Å²) in [6.45, 7) is -1.06. The number of hydrogen-bond acceptors (Lipinski definition) is 5. The Morgan fingerprint density at radius 1 is 1.50 bits per heavy atom. The summed E-state index contributed by atoms with van der Waals surface area (Å²) in [5, 5.41) is 5.58. The molecule has 0 spiro atoms. The molecule has 1 amide bonds. The number of halogens is 3. The number of amides is 1. The molecule has 1 fully saturated rings. The van der Waals surface area contributed by atoms with Crippen molar-refractivity contribution in [3.8, 4) is 10.6 Å². The number of nitrogens with zero attached hydrogens (tertiary/aromatic N) is 2. The number of ether oxygens (including phenoxy) is 1. The monoisotopic (exact) mass is 332 g/mol. The molecule has 1 aliphatic rings. The average molecular weight is 332 g/mol. The van der Waals surface area contributed by atoms with E-state index in [-0.39, 0.29) is 24.7 Å². The van der Waals surface area contributed by atoms with Gasteiger partial charge in [-0.05, 0) is 11.4 Å². The van der Waals surface area contributed by atoms with E-state index in [4.69, 9.17) is 4.52 Å². The van der Waals surface area contributed by atoms with Crippen LogP contribution in [0.3, 0.4) is 0 Å². The van der Waals surface area contributed by atoms with Gasteiger partial charge in [-0.15, -0.1) is 11.3 Å². The van der Waals surface area contributed by atoms with Crippen molar-refractivity contribution in [2.75, 3.05) is 19.7 Å². The summed E-state index contributed by atoms with van der Waals surface area (Å²) in [4.78, 5) is 14.3. The molecule has 9 heteroatoms. The normalized spacial score (nSPS) is 15.9. The number of aromatic nitrogens is 1. The number of hydrogen-bond donors (Lipinski definition) is 0. The minimum absolute atomic E-state index is 0.121. The summed E-state index contributed by atoms with van der Waals surface area (Å²) < 4.78 is 45.8. The van der Waals surface area contributed by atoms with Crippen LogP contribution in [0, 0.1) is 0 Å². The van der Waals surface area contributed by atoms with Crippen LogP contribution in [-0.4, -0.2) is 47.9 Å². The van der Waals surface area contributed by atoms with Crippen LogP contribution in [-0.2, 0) is 4.74 Å². The third-order valence-corrected chi connectivity index (χ3v) is 4.00. The Bertz CT molecular complexity index is 648. The van der Waals surface area contributed by atoms with Gasteiger partial charge in [-0.2, -0.15) is 13.2 Å². The standard InChI is InChI=1S/C13H11F3N2O3S/c14-13(15,16)7-20-8-5-18(6-8)12(19)9-4-10(21-17-9)11-2-1-3-22-11/h1-4,8H,5-7H2. The van der Waals surface area contributed by atoms with E-state index in [1.165, 1.54) is 22.3 Å². The van der Waals surface area contributed by atoms with Gasteiger partial charge < -0.3 is 14.2 Å². The number of thiophene rings is 1. The van der Waals surface area contributed by atoms with Gasteiger partial charge in [-0.25, -0.2) is 0 Å². The van der Waals surface area contributed by atoms with Gasteiger partial charge in [0.1, 0.15) is 6.61 Å². The van der Waals surface area contributed by atoms with Gasteiger partial charge in [0.05, 0.1) is 11.0 Å². The molecular weight excluding hydrogens is 321 g/mol. The average Bonchev–Trinajstić information content (AvgIpc) is 3.06. The first-order chi connectivity index (χ1) is 10.4. The predicted molar refractivity (Wildman–Crippen MR) is 71.5 cm³/mol. The zero-order chi connectivity index (χ0) is 15.7. The van der Waals surface area contributed by atoms with Gasteiger partial charge in [-0.3, -0.25) is 4.79 Å². The Labute approximate surface area is 127 Å². The van der Waals surface area contributed by atoms with E-state index in [2.05, 4.69) is 9.89 Å². The van der Waals surface area contributed by atoms with E-state index in [9.17, 15) is 18.0 Å². The molecule has 1 aliphatic heterocycles. The lowest BCUT2D eigenvalue weighted by Crippen LogP contribution is -2.55. The highest BCUT2D eigenvalue weighted by atomic mass is 32.1. The fraction of sp³-hybridized carbons (Fsp3) is 0.385. The Morgan fingerprint density at radius 3 is 2.91 bits per heavy atom. The highest BCUT2D eigenvalue weighted by Crippen LogP contribution is 2.26. The lowest BCUT2D eigenvalue weighted by molar-refractivity contribution is -0.196. The summed E-state index contributed by atoms with van der Waals surface area (Å²) in [6, 6.07) is 5.21. The van der Waals surface area contributed by atoms with E-state index < -0.39 is 18.9 Å². The second kappa shape index (κ2) is 5.73. The molecule has 0 saturated carbocycles. The molecular formula is C13H11F3N2O3S. The van der Waals surface area contributed by atoms with Crippen LogP contribution >= 0.6 is 11.3 Å². The second-order valence-electron chi connectivity index (χ2n) is 4.81. The first-order valence-corrected chi connectivity index (χ1v) is 7.28. The number of likely N-dealkylation sites (tertiary alicyclic amines) is 1. The lowest BCUT2D eigenvalue weighted by Gasteiger charge is -2.38. The minimum atomic E-state index is -4.36. The fourth-order valence-corrected chi connectivity index (χ4v) is 2.67. The van der Waals surface area contributed by atoms with Crippen LogP contribution in [0.4, 0.5) is 13.2 Å². The van der Waals surface area contributed by atoms with Crippen molar-refractivity contribution in [1.82, 2.24) is 10.1 Å². The van der Waals surface area contributed by atoms with Gasteiger partial charge in [0.2, 0.25) is 0 Å². The maximum Gasteiger partial charge on any atom is 0.411 e. The Balaban J connectivity index is 1.54. The van der Waals surface area contributed by atoms with E-state index >= 15 is 0 Å². The Hall–Kier alpha value is -1.87. The molecule has 118 valence electrons. The third kappa shape index (κ3) is 3.30. The molecule has 0 radical (unpaired) electrons. The van der Waals surface area contributed by atoms with Gasteiger partial charge in [0.15, 0.2) is 11.5 Å².